The van der Waals surface area contributed by atoms with Crippen LogP contribution in [0, 0.1) is 5.92 Å². The van der Waals surface area contributed by atoms with Crippen molar-refractivity contribution < 1.29 is 9.84 Å². The van der Waals surface area contributed by atoms with Crippen LogP contribution in [0.15, 0.2) is 0 Å². The van der Waals surface area contributed by atoms with Gasteiger partial charge in [-0.25, -0.2) is 0 Å². The molecule has 1 heterocycles. The number of ether oxygens (including phenoxy) is 1. The monoisotopic (exact) mass is 102 g/mol. The number of aliphatic hydroxyl groups excluding tert-OH is 1. The van der Waals surface area contributed by atoms with Gasteiger partial charge in [-0.2, -0.15) is 0 Å². The molecule has 0 aromatic rings. The van der Waals surface area contributed by atoms with E-state index in [1.165, 1.54) is 0 Å². The lowest BCUT2D eigenvalue weighted by Crippen LogP contribution is -2.13. The molecule has 1 aliphatic heterocycles. The molecule has 0 bridgehead atoms. The van der Waals surface area contributed by atoms with Gasteiger partial charge in [-0.1, -0.05) is 6.92 Å². The zero-order valence-corrected chi connectivity index (χ0v) is 4.42. The van der Waals surface area contributed by atoms with Gasteiger partial charge < -0.3 is 9.84 Å². The van der Waals surface area contributed by atoms with E-state index in [1.54, 1.807) is 0 Å². The van der Waals surface area contributed by atoms with Crippen molar-refractivity contribution in [3.63, 3.8) is 0 Å². The van der Waals surface area contributed by atoms with Crippen LogP contribution in [0.25, 0.3) is 0 Å². The second-order valence-electron chi connectivity index (χ2n) is 2.08. The molecular weight excluding hydrogens is 92.1 g/mol. The molecule has 0 radical (unpaired) electrons. The highest BCUT2D eigenvalue weighted by Crippen LogP contribution is 2.10. The van der Waals surface area contributed by atoms with E-state index < -0.39 is 0 Å². The molecule has 7 heavy (non-hydrogen) atoms. The first-order valence-electron chi connectivity index (χ1n) is 2.56. The molecule has 0 aromatic carbocycles. The van der Waals surface area contributed by atoms with Crippen LogP contribution < -0.4 is 0 Å². The van der Waals surface area contributed by atoms with Gasteiger partial charge in [0.05, 0.1) is 19.3 Å². The van der Waals surface area contributed by atoms with Crippen molar-refractivity contribution in [3.8, 4) is 0 Å². The Morgan fingerprint density at radius 2 is 2.29 bits per heavy atom. The summed E-state index contributed by atoms with van der Waals surface area (Å²) in [5.41, 5.74) is 0. The van der Waals surface area contributed by atoms with Gasteiger partial charge in [0.25, 0.3) is 0 Å². The highest BCUT2D eigenvalue weighted by atomic mass is 16.5. The second-order valence-corrected chi connectivity index (χ2v) is 2.08. The fourth-order valence-corrected chi connectivity index (χ4v) is 0.650. The normalized spacial score (nSPS) is 42.0. The van der Waals surface area contributed by atoms with Crippen LogP contribution in [0.4, 0.5) is 0 Å². The van der Waals surface area contributed by atoms with Crippen molar-refractivity contribution in [3.05, 3.63) is 0 Å². The number of hydrogen-bond donors (Lipinski definition) is 1. The summed E-state index contributed by atoms with van der Waals surface area (Å²) in [5.74, 6) is 0.347. The summed E-state index contributed by atoms with van der Waals surface area (Å²) in [7, 11) is 0. The summed E-state index contributed by atoms with van der Waals surface area (Å²) < 4.78 is 4.92. The Hall–Kier alpha value is -0.0800. The molecule has 0 saturated carbocycles. The van der Waals surface area contributed by atoms with Crippen molar-refractivity contribution in [1.82, 2.24) is 0 Å². The lowest BCUT2D eigenvalue weighted by atomic mass is 10.1. The van der Waals surface area contributed by atoms with E-state index in [2.05, 4.69) is 0 Å². The SMILES string of the molecule is C[C@@H]1COC[C@@H]1O. The van der Waals surface area contributed by atoms with Gasteiger partial charge in [0.2, 0.25) is 0 Å². The van der Waals surface area contributed by atoms with E-state index in [-0.39, 0.29) is 6.10 Å². The van der Waals surface area contributed by atoms with Gasteiger partial charge in [-0.15, -0.1) is 0 Å². The molecular formula is C5H10O2. The molecule has 1 N–H and O–H groups in total. The molecule has 0 aromatic heterocycles. The molecule has 1 aliphatic rings. The highest BCUT2D eigenvalue weighted by molar-refractivity contribution is 4.68. The summed E-state index contributed by atoms with van der Waals surface area (Å²) in [6, 6.07) is 0. The summed E-state index contributed by atoms with van der Waals surface area (Å²) in [6.45, 7) is 3.24. The third-order valence-electron chi connectivity index (χ3n) is 1.33. The maximum atomic E-state index is 8.87. The van der Waals surface area contributed by atoms with E-state index in [4.69, 9.17) is 9.84 Å². The molecule has 0 unspecified atom stereocenters. The van der Waals surface area contributed by atoms with Crippen molar-refractivity contribution in [1.29, 1.82) is 0 Å². The summed E-state index contributed by atoms with van der Waals surface area (Å²) in [6.07, 6.45) is -0.208. The van der Waals surface area contributed by atoms with E-state index in [0.29, 0.717) is 12.5 Å². The third kappa shape index (κ3) is 0.924. The average molecular weight is 102 g/mol. The topological polar surface area (TPSA) is 29.5 Å². The van der Waals surface area contributed by atoms with Gasteiger partial charge in [0, 0.05) is 5.92 Å². The molecule has 2 atom stereocenters. The predicted molar refractivity (Wildman–Crippen MR) is 26.0 cm³/mol. The minimum Gasteiger partial charge on any atom is -0.390 e. The van der Waals surface area contributed by atoms with Gasteiger partial charge in [-0.05, 0) is 0 Å². The number of hydrogen-bond acceptors (Lipinski definition) is 2. The summed E-state index contributed by atoms with van der Waals surface area (Å²) >= 11 is 0. The first-order valence-corrected chi connectivity index (χ1v) is 2.56. The fourth-order valence-electron chi connectivity index (χ4n) is 0.650. The van der Waals surface area contributed by atoms with E-state index in [9.17, 15) is 0 Å². The van der Waals surface area contributed by atoms with Crippen LogP contribution >= 0.6 is 0 Å². The zero-order valence-electron chi connectivity index (χ0n) is 4.42. The zero-order chi connectivity index (χ0) is 5.28. The Morgan fingerprint density at radius 1 is 1.57 bits per heavy atom. The van der Waals surface area contributed by atoms with Crippen LogP contribution in [-0.4, -0.2) is 24.4 Å². The molecule has 0 spiro atoms. The first-order chi connectivity index (χ1) is 3.30. The van der Waals surface area contributed by atoms with Crippen LogP contribution in [0.2, 0.25) is 0 Å². The fraction of sp³-hybridized carbons (Fsp3) is 1.00. The van der Waals surface area contributed by atoms with Gasteiger partial charge in [0.1, 0.15) is 0 Å². The Kier molecular flexibility index (Phi) is 1.30. The quantitative estimate of drug-likeness (QED) is 0.467. The third-order valence-corrected chi connectivity index (χ3v) is 1.33. The van der Waals surface area contributed by atoms with Crippen molar-refractivity contribution in [2.75, 3.05) is 13.2 Å². The minimum atomic E-state index is -0.208. The van der Waals surface area contributed by atoms with E-state index in [1.807, 2.05) is 6.92 Å². The Balaban J connectivity index is 2.33. The standard InChI is InChI=1S/C5H10O2/c1-4-2-7-3-5(4)6/h4-6H,2-3H2,1H3/t4-,5+/m1/s1. The number of aliphatic hydroxyl groups is 1. The molecule has 1 rings (SSSR count). The summed E-state index contributed by atoms with van der Waals surface area (Å²) in [5, 5.41) is 8.87. The lowest BCUT2D eigenvalue weighted by Gasteiger charge is -2.00. The molecule has 0 amide bonds. The van der Waals surface area contributed by atoms with Crippen molar-refractivity contribution in [2.24, 2.45) is 5.92 Å². The van der Waals surface area contributed by atoms with Gasteiger partial charge in [-0.3, -0.25) is 0 Å². The number of rotatable bonds is 0. The minimum absolute atomic E-state index is 0.208. The molecule has 42 valence electrons. The molecule has 0 aliphatic carbocycles. The smallest absolute Gasteiger partial charge is 0.0821 e. The second kappa shape index (κ2) is 1.80. The van der Waals surface area contributed by atoms with Crippen molar-refractivity contribution >= 4 is 0 Å². The summed E-state index contributed by atoms with van der Waals surface area (Å²) in [4.78, 5) is 0. The average Bonchev–Trinajstić information content (AvgIpc) is 1.91. The largest absolute Gasteiger partial charge is 0.390 e. The van der Waals surface area contributed by atoms with Gasteiger partial charge in [0.15, 0.2) is 0 Å². The lowest BCUT2D eigenvalue weighted by molar-refractivity contribution is 0.120. The van der Waals surface area contributed by atoms with Crippen LogP contribution in [0.3, 0.4) is 0 Å². The van der Waals surface area contributed by atoms with Crippen molar-refractivity contribution in [2.45, 2.75) is 13.0 Å². The van der Waals surface area contributed by atoms with E-state index in [0.717, 1.165) is 6.61 Å². The maximum Gasteiger partial charge on any atom is 0.0821 e. The Labute approximate surface area is 43.1 Å². The van der Waals surface area contributed by atoms with Crippen LogP contribution in [-0.2, 0) is 4.74 Å². The first kappa shape index (κ1) is 5.06. The molecule has 2 nitrogen and oxygen atoms in total. The predicted octanol–water partition coefficient (Wildman–Crippen LogP) is 0.0136. The molecule has 2 heteroatoms. The maximum absolute atomic E-state index is 8.87. The van der Waals surface area contributed by atoms with Gasteiger partial charge >= 0.3 is 0 Å². The Morgan fingerprint density at radius 3 is 2.43 bits per heavy atom. The highest BCUT2D eigenvalue weighted by Gasteiger charge is 2.20. The molecule has 1 saturated heterocycles. The Bertz CT molecular complexity index is 55.1. The molecule has 1 fully saturated rings. The van der Waals surface area contributed by atoms with Crippen LogP contribution in [0.1, 0.15) is 6.92 Å². The van der Waals surface area contributed by atoms with Crippen LogP contribution in [0.5, 0.6) is 0 Å². The van der Waals surface area contributed by atoms with E-state index >= 15 is 0 Å².